The lowest BCUT2D eigenvalue weighted by atomic mass is 9.92. The fourth-order valence-electron chi connectivity index (χ4n) is 1.47. The standard InChI is InChI=1S/C12H25NO2/c1-6-7-11(10(2)3)12(14)15-9-8-13(4)5/h10-11H,6-9H2,1-5H3. The van der Waals surface area contributed by atoms with Crippen LogP contribution in [0.1, 0.15) is 33.6 Å². The molecule has 0 aromatic carbocycles. The molecule has 0 aliphatic carbocycles. The second-order valence-electron chi connectivity index (χ2n) is 4.61. The molecule has 0 amide bonds. The second kappa shape index (κ2) is 7.69. The molecule has 0 aliphatic heterocycles. The van der Waals surface area contributed by atoms with Crippen LogP contribution in [0.4, 0.5) is 0 Å². The van der Waals surface area contributed by atoms with E-state index in [-0.39, 0.29) is 11.9 Å². The van der Waals surface area contributed by atoms with Gasteiger partial charge in [-0.05, 0) is 26.4 Å². The number of esters is 1. The number of carbonyl (C=O) groups is 1. The van der Waals surface area contributed by atoms with E-state index >= 15 is 0 Å². The van der Waals surface area contributed by atoms with Gasteiger partial charge in [0.2, 0.25) is 0 Å². The number of ether oxygens (including phenoxy) is 1. The summed E-state index contributed by atoms with van der Waals surface area (Å²) < 4.78 is 5.25. The molecule has 3 heteroatoms. The Bertz CT molecular complexity index is 178. The van der Waals surface area contributed by atoms with Crippen LogP contribution >= 0.6 is 0 Å². The molecule has 0 aromatic rings. The molecule has 0 N–H and O–H groups in total. The van der Waals surface area contributed by atoms with Crippen molar-refractivity contribution in [2.24, 2.45) is 11.8 Å². The number of nitrogens with zero attached hydrogens (tertiary/aromatic N) is 1. The quantitative estimate of drug-likeness (QED) is 0.610. The largest absolute Gasteiger partial charge is 0.464 e. The number of hydrogen-bond acceptors (Lipinski definition) is 3. The third-order valence-corrected chi connectivity index (χ3v) is 2.49. The van der Waals surface area contributed by atoms with Crippen LogP contribution in [0.15, 0.2) is 0 Å². The third-order valence-electron chi connectivity index (χ3n) is 2.49. The SMILES string of the molecule is CCCC(C(=O)OCCN(C)C)C(C)C. The van der Waals surface area contributed by atoms with Gasteiger partial charge in [0.15, 0.2) is 0 Å². The van der Waals surface area contributed by atoms with Gasteiger partial charge in [-0.25, -0.2) is 0 Å². The maximum absolute atomic E-state index is 11.7. The van der Waals surface area contributed by atoms with Crippen molar-refractivity contribution in [1.29, 1.82) is 0 Å². The summed E-state index contributed by atoms with van der Waals surface area (Å²) in [5, 5.41) is 0. The van der Waals surface area contributed by atoms with E-state index in [1.165, 1.54) is 0 Å². The Hall–Kier alpha value is -0.570. The summed E-state index contributed by atoms with van der Waals surface area (Å²) in [4.78, 5) is 13.7. The van der Waals surface area contributed by atoms with Crippen molar-refractivity contribution in [2.45, 2.75) is 33.6 Å². The van der Waals surface area contributed by atoms with E-state index in [4.69, 9.17) is 4.74 Å². The molecule has 3 nitrogen and oxygen atoms in total. The minimum atomic E-state index is -0.0336. The molecule has 0 spiro atoms. The van der Waals surface area contributed by atoms with Gasteiger partial charge < -0.3 is 9.64 Å². The topological polar surface area (TPSA) is 29.5 Å². The number of rotatable bonds is 7. The Morgan fingerprint density at radius 3 is 2.33 bits per heavy atom. The summed E-state index contributed by atoms with van der Waals surface area (Å²) in [5.41, 5.74) is 0. The van der Waals surface area contributed by atoms with E-state index in [1.807, 2.05) is 19.0 Å². The molecule has 0 aliphatic rings. The van der Waals surface area contributed by atoms with Gasteiger partial charge in [0.1, 0.15) is 6.61 Å². The molecule has 1 unspecified atom stereocenters. The van der Waals surface area contributed by atoms with Gasteiger partial charge in [-0.1, -0.05) is 27.2 Å². The lowest BCUT2D eigenvalue weighted by Crippen LogP contribution is -2.26. The van der Waals surface area contributed by atoms with Gasteiger partial charge in [0, 0.05) is 6.54 Å². The molecular weight excluding hydrogens is 190 g/mol. The molecular formula is C12H25NO2. The Labute approximate surface area is 93.8 Å². The van der Waals surface area contributed by atoms with Crippen LogP contribution in [0.25, 0.3) is 0 Å². The molecule has 0 saturated carbocycles. The van der Waals surface area contributed by atoms with E-state index in [2.05, 4.69) is 20.8 Å². The van der Waals surface area contributed by atoms with Crippen LogP contribution in [-0.2, 0) is 9.53 Å². The first kappa shape index (κ1) is 14.4. The molecule has 0 bridgehead atoms. The monoisotopic (exact) mass is 215 g/mol. The van der Waals surface area contributed by atoms with Gasteiger partial charge in [-0.2, -0.15) is 0 Å². The Balaban J connectivity index is 3.92. The molecule has 15 heavy (non-hydrogen) atoms. The Morgan fingerprint density at radius 1 is 1.33 bits per heavy atom. The van der Waals surface area contributed by atoms with Gasteiger partial charge in [-0.3, -0.25) is 4.79 Å². The minimum absolute atomic E-state index is 0.0336. The highest BCUT2D eigenvalue weighted by molar-refractivity contribution is 5.72. The first-order valence-corrected chi connectivity index (χ1v) is 5.80. The minimum Gasteiger partial charge on any atom is -0.464 e. The summed E-state index contributed by atoms with van der Waals surface area (Å²) in [6.45, 7) is 7.55. The lowest BCUT2D eigenvalue weighted by molar-refractivity contribution is -0.150. The second-order valence-corrected chi connectivity index (χ2v) is 4.61. The van der Waals surface area contributed by atoms with Crippen molar-refractivity contribution < 1.29 is 9.53 Å². The molecule has 0 saturated heterocycles. The zero-order valence-electron chi connectivity index (χ0n) is 10.7. The summed E-state index contributed by atoms with van der Waals surface area (Å²) in [6, 6.07) is 0. The maximum atomic E-state index is 11.7. The van der Waals surface area contributed by atoms with Crippen molar-refractivity contribution in [3.63, 3.8) is 0 Å². The summed E-state index contributed by atoms with van der Waals surface area (Å²) in [7, 11) is 3.94. The fourth-order valence-corrected chi connectivity index (χ4v) is 1.47. The van der Waals surface area contributed by atoms with Crippen molar-refractivity contribution in [3.05, 3.63) is 0 Å². The predicted molar refractivity (Wildman–Crippen MR) is 62.7 cm³/mol. The molecule has 0 fully saturated rings. The molecule has 0 heterocycles. The maximum Gasteiger partial charge on any atom is 0.309 e. The van der Waals surface area contributed by atoms with E-state index in [1.54, 1.807) is 0 Å². The van der Waals surface area contributed by atoms with E-state index < -0.39 is 0 Å². The van der Waals surface area contributed by atoms with E-state index in [9.17, 15) is 4.79 Å². The number of likely N-dealkylation sites (N-methyl/N-ethyl adjacent to an activating group) is 1. The van der Waals surface area contributed by atoms with Crippen LogP contribution in [0.5, 0.6) is 0 Å². The average molecular weight is 215 g/mol. The highest BCUT2D eigenvalue weighted by atomic mass is 16.5. The van der Waals surface area contributed by atoms with Gasteiger partial charge in [0.05, 0.1) is 5.92 Å². The molecule has 0 radical (unpaired) electrons. The van der Waals surface area contributed by atoms with Crippen molar-refractivity contribution in [3.8, 4) is 0 Å². The zero-order chi connectivity index (χ0) is 11.8. The van der Waals surface area contributed by atoms with Crippen LogP contribution in [0.3, 0.4) is 0 Å². The third kappa shape index (κ3) is 6.50. The number of carbonyl (C=O) groups excluding carboxylic acids is 1. The summed E-state index contributed by atoms with van der Waals surface area (Å²) in [5.74, 6) is 0.405. The zero-order valence-corrected chi connectivity index (χ0v) is 10.7. The van der Waals surface area contributed by atoms with Crippen molar-refractivity contribution in [1.82, 2.24) is 4.90 Å². The molecule has 1 atom stereocenters. The van der Waals surface area contributed by atoms with Crippen LogP contribution < -0.4 is 0 Å². The fraction of sp³-hybridized carbons (Fsp3) is 0.917. The van der Waals surface area contributed by atoms with Gasteiger partial charge in [0.25, 0.3) is 0 Å². The smallest absolute Gasteiger partial charge is 0.309 e. The number of hydrogen-bond donors (Lipinski definition) is 0. The Morgan fingerprint density at radius 2 is 1.93 bits per heavy atom. The average Bonchev–Trinajstić information content (AvgIpc) is 2.12. The molecule has 90 valence electrons. The normalized spacial score (nSPS) is 13.3. The van der Waals surface area contributed by atoms with Crippen molar-refractivity contribution >= 4 is 5.97 Å². The van der Waals surface area contributed by atoms with Crippen molar-refractivity contribution in [2.75, 3.05) is 27.2 Å². The van der Waals surface area contributed by atoms with Gasteiger partial charge in [-0.15, -0.1) is 0 Å². The van der Waals surface area contributed by atoms with E-state index in [0.717, 1.165) is 19.4 Å². The van der Waals surface area contributed by atoms with E-state index in [0.29, 0.717) is 12.5 Å². The van der Waals surface area contributed by atoms with Crippen LogP contribution in [-0.4, -0.2) is 38.1 Å². The molecule has 0 aromatic heterocycles. The summed E-state index contributed by atoms with van der Waals surface area (Å²) in [6.07, 6.45) is 1.96. The van der Waals surface area contributed by atoms with Crippen LogP contribution in [0.2, 0.25) is 0 Å². The van der Waals surface area contributed by atoms with Gasteiger partial charge >= 0.3 is 5.97 Å². The first-order valence-electron chi connectivity index (χ1n) is 5.80. The molecule has 0 rings (SSSR count). The predicted octanol–water partition coefficient (Wildman–Crippen LogP) is 2.16. The lowest BCUT2D eigenvalue weighted by Gasteiger charge is -2.19. The highest BCUT2D eigenvalue weighted by Gasteiger charge is 2.22. The van der Waals surface area contributed by atoms with Crippen LogP contribution in [0, 0.1) is 11.8 Å². The Kier molecular flexibility index (Phi) is 7.39. The highest BCUT2D eigenvalue weighted by Crippen LogP contribution is 2.18. The summed E-state index contributed by atoms with van der Waals surface area (Å²) >= 11 is 0. The first-order chi connectivity index (χ1) is 6.99.